The second-order valence-electron chi connectivity index (χ2n) is 9.82. The number of benzene rings is 1. The van der Waals surface area contributed by atoms with Crippen molar-refractivity contribution in [2.24, 2.45) is 11.3 Å². The molecule has 1 aliphatic carbocycles. The molecular formula is C23H30N4O4. The molecular weight excluding hydrogens is 396 g/mol. The van der Waals surface area contributed by atoms with Crippen LogP contribution in [0.25, 0.3) is 0 Å². The van der Waals surface area contributed by atoms with Gasteiger partial charge in [-0.15, -0.1) is 0 Å². The number of carbonyl (C=O) groups is 3. The van der Waals surface area contributed by atoms with E-state index >= 15 is 0 Å². The average Bonchev–Trinajstić information content (AvgIpc) is 2.99. The first kappa shape index (κ1) is 20.6. The fraction of sp³-hybridized carbons (Fsp3) is 0.609. The molecule has 31 heavy (non-hydrogen) atoms. The summed E-state index contributed by atoms with van der Waals surface area (Å²) in [6, 6.07) is 4.29. The molecule has 5 rings (SSSR count). The summed E-state index contributed by atoms with van der Waals surface area (Å²) in [4.78, 5) is 36.7. The van der Waals surface area contributed by atoms with Crippen LogP contribution in [-0.2, 0) is 16.1 Å². The Kier molecular flexibility index (Phi) is 5.11. The molecule has 8 nitrogen and oxygen atoms in total. The number of piperidine rings is 1. The summed E-state index contributed by atoms with van der Waals surface area (Å²) in [5, 5.41) is 22.6. The fourth-order valence-electron chi connectivity index (χ4n) is 5.79. The van der Waals surface area contributed by atoms with E-state index in [0.717, 1.165) is 24.6 Å². The van der Waals surface area contributed by atoms with Gasteiger partial charge in [0.25, 0.3) is 5.91 Å². The van der Waals surface area contributed by atoms with Crippen LogP contribution in [0, 0.1) is 16.5 Å². The van der Waals surface area contributed by atoms with E-state index in [9.17, 15) is 19.6 Å². The molecule has 2 saturated heterocycles. The summed E-state index contributed by atoms with van der Waals surface area (Å²) in [5.41, 5.74) is 2.46. The Bertz CT molecular complexity index is 918. The second-order valence-corrected chi connectivity index (χ2v) is 9.82. The van der Waals surface area contributed by atoms with Gasteiger partial charge in [0.05, 0.1) is 5.56 Å². The number of imide groups is 1. The quantitative estimate of drug-likeness (QED) is 0.378. The van der Waals surface area contributed by atoms with E-state index in [1.807, 2.05) is 6.07 Å². The van der Waals surface area contributed by atoms with Gasteiger partial charge >= 0.3 is 5.91 Å². The maximum Gasteiger partial charge on any atom is 0.347 e. The van der Waals surface area contributed by atoms with Gasteiger partial charge in [0, 0.05) is 43.7 Å². The van der Waals surface area contributed by atoms with Crippen molar-refractivity contribution in [2.75, 3.05) is 25.0 Å². The molecule has 3 heterocycles. The molecule has 1 saturated carbocycles. The van der Waals surface area contributed by atoms with Crippen molar-refractivity contribution in [3.8, 4) is 0 Å². The Morgan fingerprint density at radius 1 is 1.13 bits per heavy atom. The molecule has 3 N–H and O–H groups in total. The lowest BCUT2D eigenvalue weighted by Gasteiger charge is -2.47. The maximum absolute atomic E-state index is 13.5. The number of nitrogens with one attached hydrogen (secondary N) is 3. The van der Waals surface area contributed by atoms with Crippen LogP contribution in [0.15, 0.2) is 18.2 Å². The van der Waals surface area contributed by atoms with Crippen molar-refractivity contribution < 1.29 is 19.0 Å². The smallest absolute Gasteiger partial charge is 0.347 e. The van der Waals surface area contributed by atoms with E-state index in [4.69, 9.17) is 0 Å². The number of rotatable bonds is 5. The van der Waals surface area contributed by atoms with E-state index in [2.05, 4.69) is 16.0 Å². The van der Waals surface area contributed by atoms with Crippen LogP contribution in [0.2, 0.25) is 0 Å². The second kappa shape index (κ2) is 7.69. The minimum atomic E-state index is -1.23. The van der Waals surface area contributed by atoms with Crippen molar-refractivity contribution >= 4 is 23.4 Å². The van der Waals surface area contributed by atoms with Crippen LogP contribution in [0.5, 0.6) is 0 Å². The molecule has 1 aromatic rings. The van der Waals surface area contributed by atoms with Crippen LogP contribution in [-0.4, -0.2) is 48.0 Å². The monoisotopic (exact) mass is 426 g/mol. The van der Waals surface area contributed by atoms with Crippen LogP contribution in [0.4, 0.5) is 5.69 Å². The molecule has 1 spiro atoms. The predicted molar refractivity (Wildman–Crippen MR) is 115 cm³/mol. The van der Waals surface area contributed by atoms with Crippen LogP contribution in [0.1, 0.15) is 60.9 Å². The number of hydrogen-bond donors (Lipinski definition) is 3. The lowest BCUT2D eigenvalue weighted by atomic mass is 9.66. The van der Waals surface area contributed by atoms with Crippen LogP contribution < -0.4 is 16.0 Å². The molecule has 2 atom stereocenters. The lowest BCUT2D eigenvalue weighted by Crippen LogP contribution is -2.60. The van der Waals surface area contributed by atoms with Crippen molar-refractivity contribution in [3.63, 3.8) is 0 Å². The summed E-state index contributed by atoms with van der Waals surface area (Å²) < 4.78 is -1.23. The van der Waals surface area contributed by atoms with Gasteiger partial charge in [-0.1, -0.05) is 6.07 Å². The van der Waals surface area contributed by atoms with Gasteiger partial charge in [0.2, 0.25) is 5.91 Å². The highest BCUT2D eigenvalue weighted by molar-refractivity contribution is 6.02. The number of amides is 3. The Hall–Kier alpha value is -2.29. The summed E-state index contributed by atoms with van der Waals surface area (Å²) in [5.74, 6) is -0.893. The van der Waals surface area contributed by atoms with Gasteiger partial charge in [-0.3, -0.25) is 19.6 Å². The van der Waals surface area contributed by atoms with Crippen molar-refractivity contribution in [2.45, 2.75) is 57.5 Å². The van der Waals surface area contributed by atoms with Gasteiger partial charge in [0.15, 0.2) is 6.04 Å². The summed E-state index contributed by atoms with van der Waals surface area (Å²) in [6.45, 7) is 3.08. The van der Waals surface area contributed by atoms with E-state index in [-0.39, 0.29) is 25.3 Å². The first-order valence-corrected chi connectivity index (χ1v) is 11.4. The minimum absolute atomic E-state index is 0.0669. The zero-order valence-electron chi connectivity index (χ0n) is 17.7. The number of anilines is 1. The number of hydrogen-bond acceptors (Lipinski definition) is 6. The Morgan fingerprint density at radius 3 is 2.58 bits per heavy atom. The highest BCUT2D eigenvalue weighted by atomic mass is 16.6. The topological polar surface area (TPSA) is 110 Å². The summed E-state index contributed by atoms with van der Waals surface area (Å²) >= 11 is 0. The zero-order chi connectivity index (χ0) is 21.6. The molecule has 8 heteroatoms. The highest BCUT2D eigenvalue weighted by Gasteiger charge is 2.50. The third-order valence-corrected chi connectivity index (χ3v) is 7.89. The standard InChI is InChI=1S/C23H30N4O4/c28-20-5-4-19(21(29)26-20)27(31)12-17-16(22(27)30)2-1-3-18(17)25-11-8-15-6-9-23(10-7-15)13-24-14-23/h1-3,15,19,24-25H,4-14H2,(H,26,28,29). The number of fused-ring (bicyclic) bond motifs is 1. The van der Waals surface area contributed by atoms with E-state index in [0.29, 0.717) is 16.5 Å². The van der Waals surface area contributed by atoms with Gasteiger partial charge in [0.1, 0.15) is 6.54 Å². The highest BCUT2D eigenvalue weighted by Crippen LogP contribution is 2.43. The lowest BCUT2D eigenvalue weighted by molar-refractivity contribution is -0.825. The van der Waals surface area contributed by atoms with Crippen molar-refractivity contribution in [1.82, 2.24) is 10.6 Å². The Morgan fingerprint density at radius 2 is 1.90 bits per heavy atom. The molecule has 3 aliphatic heterocycles. The number of hydroxylamine groups is 3. The average molecular weight is 427 g/mol. The number of nitrogens with zero attached hydrogens (tertiary/aromatic N) is 1. The zero-order valence-corrected chi connectivity index (χ0v) is 17.7. The minimum Gasteiger partial charge on any atom is -0.624 e. The molecule has 0 aromatic heterocycles. The molecule has 0 bridgehead atoms. The fourth-order valence-corrected chi connectivity index (χ4v) is 5.79. The third-order valence-electron chi connectivity index (χ3n) is 7.89. The van der Waals surface area contributed by atoms with Crippen LogP contribution >= 0.6 is 0 Å². The third kappa shape index (κ3) is 3.56. The summed E-state index contributed by atoms with van der Waals surface area (Å²) in [6.07, 6.45) is 6.42. The normalized spacial score (nSPS) is 30.1. The SMILES string of the molecule is O=C1CCC([N+]2([O-])Cc3c(NCCC4CCC5(CC4)CNC5)cccc3C2=O)C(=O)N1. The number of carbonyl (C=O) groups excluding carboxylic acids is 3. The van der Waals surface area contributed by atoms with Gasteiger partial charge in [-0.05, 0) is 55.6 Å². The molecule has 4 aliphatic rings. The van der Waals surface area contributed by atoms with E-state index in [1.165, 1.54) is 38.8 Å². The molecule has 0 radical (unpaired) electrons. The molecule has 3 amide bonds. The summed E-state index contributed by atoms with van der Waals surface area (Å²) in [7, 11) is 0. The largest absolute Gasteiger partial charge is 0.624 e. The Balaban J connectivity index is 1.23. The molecule has 2 unspecified atom stereocenters. The molecule has 166 valence electrons. The van der Waals surface area contributed by atoms with Gasteiger partial charge in [-0.25, -0.2) is 4.79 Å². The van der Waals surface area contributed by atoms with E-state index in [1.54, 1.807) is 12.1 Å². The van der Waals surface area contributed by atoms with Crippen LogP contribution in [0.3, 0.4) is 0 Å². The van der Waals surface area contributed by atoms with Crippen molar-refractivity contribution in [3.05, 3.63) is 34.5 Å². The Labute approximate surface area is 181 Å². The van der Waals surface area contributed by atoms with Crippen molar-refractivity contribution in [1.29, 1.82) is 0 Å². The molecule has 1 aromatic carbocycles. The predicted octanol–water partition coefficient (Wildman–Crippen LogP) is 2.04. The molecule has 3 fully saturated rings. The maximum atomic E-state index is 13.5. The number of quaternary nitrogens is 1. The van der Waals surface area contributed by atoms with Gasteiger partial charge < -0.3 is 15.8 Å². The first-order valence-electron chi connectivity index (χ1n) is 11.4. The first-order chi connectivity index (χ1) is 14.9. The van der Waals surface area contributed by atoms with E-state index < -0.39 is 22.5 Å². The van der Waals surface area contributed by atoms with Gasteiger partial charge in [-0.2, -0.15) is 0 Å².